The molecule has 172 valence electrons. The molecule has 0 spiro atoms. The molecule has 0 saturated heterocycles. The molecule has 12 heteroatoms. The lowest BCUT2D eigenvalue weighted by Gasteiger charge is -2.20. The number of benzene rings is 1. The summed E-state index contributed by atoms with van der Waals surface area (Å²) in [4.78, 5) is 39.3. The molecule has 32 heavy (non-hydrogen) atoms. The number of carbonyl (C=O) groups is 3. The van der Waals surface area contributed by atoms with E-state index in [0.717, 1.165) is 17.8 Å². The van der Waals surface area contributed by atoms with Crippen LogP contribution in [0.1, 0.15) is 36.6 Å². The Kier molecular flexibility index (Phi) is 9.83. The van der Waals surface area contributed by atoms with E-state index in [0.29, 0.717) is 18.5 Å². The van der Waals surface area contributed by atoms with Crippen molar-refractivity contribution in [2.45, 2.75) is 32.4 Å². The van der Waals surface area contributed by atoms with E-state index in [9.17, 15) is 14.4 Å². The number of urea groups is 1. The van der Waals surface area contributed by atoms with E-state index in [4.69, 9.17) is 28.3 Å². The van der Waals surface area contributed by atoms with Gasteiger partial charge in [0.1, 0.15) is 12.0 Å². The molecule has 0 aliphatic rings. The van der Waals surface area contributed by atoms with E-state index < -0.39 is 18.3 Å². The minimum atomic E-state index is -1.37. The molecule has 1 atom stereocenters. The monoisotopic (exact) mass is 482 g/mol. The molecule has 0 saturated carbocycles. The fraction of sp³-hybridized carbons (Fsp3) is 0.300. The molecular formula is C20H24Cl2N6O4. The van der Waals surface area contributed by atoms with Gasteiger partial charge < -0.3 is 15.7 Å². The predicted octanol–water partition coefficient (Wildman–Crippen LogP) is 3.58. The molecule has 2 rings (SSSR count). The fourth-order valence-electron chi connectivity index (χ4n) is 2.68. The highest BCUT2D eigenvalue weighted by molar-refractivity contribution is 6.34. The Morgan fingerprint density at radius 1 is 1.03 bits per heavy atom. The maximum Gasteiger partial charge on any atom is 0.406 e. The van der Waals surface area contributed by atoms with Crippen molar-refractivity contribution in [2.24, 2.45) is 0 Å². The zero-order chi connectivity index (χ0) is 23.5. The van der Waals surface area contributed by atoms with Crippen LogP contribution in [0.5, 0.6) is 0 Å². The Balaban J connectivity index is 1.72. The van der Waals surface area contributed by atoms with Gasteiger partial charge in [0.2, 0.25) is 5.91 Å². The SMILES string of the molecule is Cc1ccnc(NCCCCC(=O)NNC(=O)NC(NC(=O)O)c2cc(Cl)cc(Cl)c2)c1. The number of hydrazine groups is 1. The summed E-state index contributed by atoms with van der Waals surface area (Å²) in [7, 11) is 0. The molecule has 0 radical (unpaired) electrons. The first-order chi connectivity index (χ1) is 15.2. The molecule has 0 fully saturated rings. The van der Waals surface area contributed by atoms with Gasteiger partial charge in [-0.05, 0) is 61.2 Å². The van der Waals surface area contributed by atoms with Crippen LogP contribution in [0.25, 0.3) is 0 Å². The lowest BCUT2D eigenvalue weighted by Crippen LogP contribution is -2.50. The second-order valence-electron chi connectivity index (χ2n) is 6.83. The van der Waals surface area contributed by atoms with Gasteiger partial charge in [0.25, 0.3) is 0 Å². The number of unbranched alkanes of at least 4 members (excludes halogenated alkanes) is 1. The topological polar surface area (TPSA) is 144 Å². The lowest BCUT2D eigenvalue weighted by molar-refractivity contribution is -0.121. The molecular weight excluding hydrogens is 459 g/mol. The molecule has 1 heterocycles. The van der Waals surface area contributed by atoms with E-state index in [1.807, 2.05) is 19.1 Å². The van der Waals surface area contributed by atoms with E-state index in [1.54, 1.807) is 6.20 Å². The van der Waals surface area contributed by atoms with Crippen LogP contribution in [0.4, 0.5) is 15.4 Å². The molecule has 6 N–H and O–H groups in total. The molecule has 0 bridgehead atoms. The van der Waals surface area contributed by atoms with Crippen molar-refractivity contribution in [1.29, 1.82) is 0 Å². The van der Waals surface area contributed by atoms with Crippen LogP contribution in [-0.2, 0) is 4.79 Å². The molecule has 4 amide bonds. The minimum Gasteiger partial charge on any atom is -0.465 e. The Labute approximate surface area is 195 Å². The quantitative estimate of drug-likeness (QED) is 0.183. The predicted molar refractivity (Wildman–Crippen MR) is 121 cm³/mol. The third-order valence-corrected chi connectivity index (χ3v) is 4.57. The summed E-state index contributed by atoms with van der Waals surface area (Å²) in [6.45, 7) is 2.63. The summed E-state index contributed by atoms with van der Waals surface area (Å²) in [5, 5.41) is 17.3. The Morgan fingerprint density at radius 2 is 1.75 bits per heavy atom. The number of anilines is 1. The largest absolute Gasteiger partial charge is 0.465 e. The smallest absolute Gasteiger partial charge is 0.406 e. The van der Waals surface area contributed by atoms with Crippen molar-refractivity contribution in [3.8, 4) is 0 Å². The van der Waals surface area contributed by atoms with Crippen LogP contribution in [0.3, 0.4) is 0 Å². The Morgan fingerprint density at radius 3 is 2.41 bits per heavy atom. The van der Waals surface area contributed by atoms with E-state index in [-0.39, 0.29) is 22.4 Å². The highest BCUT2D eigenvalue weighted by atomic mass is 35.5. The molecule has 1 aromatic carbocycles. The first-order valence-corrected chi connectivity index (χ1v) is 10.5. The summed E-state index contributed by atoms with van der Waals surface area (Å²) in [6, 6.07) is 7.39. The van der Waals surface area contributed by atoms with Gasteiger partial charge in [-0.2, -0.15) is 0 Å². The zero-order valence-electron chi connectivity index (χ0n) is 17.2. The highest BCUT2D eigenvalue weighted by Crippen LogP contribution is 2.22. The fourth-order valence-corrected chi connectivity index (χ4v) is 3.23. The van der Waals surface area contributed by atoms with Crippen LogP contribution >= 0.6 is 23.2 Å². The summed E-state index contributed by atoms with van der Waals surface area (Å²) in [6.07, 6.45) is 0.739. The number of aromatic nitrogens is 1. The first-order valence-electron chi connectivity index (χ1n) is 9.70. The average Bonchev–Trinajstić information content (AvgIpc) is 2.70. The maximum atomic E-state index is 12.1. The molecule has 2 aromatic rings. The van der Waals surface area contributed by atoms with Crippen molar-refractivity contribution in [3.05, 3.63) is 57.7 Å². The average molecular weight is 483 g/mol. The third kappa shape index (κ3) is 9.27. The van der Waals surface area contributed by atoms with E-state index in [1.165, 1.54) is 18.2 Å². The first kappa shape index (κ1) is 25.0. The standard InChI is InChI=1S/C20H24Cl2N6O4/c1-12-5-7-24-16(8-12)23-6-3-2-4-17(29)27-28-19(30)25-18(26-20(31)32)13-9-14(21)11-15(22)10-13/h5,7-11,18,26H,2-4,6H2,1H3,(H,23,24)(H,27,29)(H,31,32)(H2,25,28,30). The van der Waals surface area contributed by atoms with Crippen molar-refractivity contribution < 1.29 is 19.5 Å². The highest BCUT2D eigenvalue weighted by Gasteiger charge is 2.18. The molecule has 1 aromatic heterocycles. The van der Waals surface area contributed by atoms with Crippen LogP contribution in [0.2, 0.25) is 10.0 Å². The number of carboxylic acid groups (broad SMARTS) is 1. The number of carbonyl (C=O) groups excluding carboxylic acids is 2. The van der Waals surface area contributed by atoms with E-state index >= 15 is 0 Å². The minimum absolute atomic E-state index is 0.198. The van der Waals surface area contributed by atoms with E-state index in [2.05, 4.69) is 31.8 Å². The van der Waals surface area contributed by atoms with Crippen molar-refractivity contribution >= 4 is 47.1 Å². The number of amides is 4. The van der Waals surface area contributed by atoms with Gasteiger partial charge in [-0.3, -0.25) is 15.5 Å². The molecule has 0 aliphatic heterocycles. The van der Waals surface area contributed by atoms with Crippen molar-refractivity contribution in [1.82, 2.24) is 26.5 Å². The lowest BCUT2D eigenvalue weighted by atomic mass is 10.1. The number of pyridine rings is 1. The summed E-state index contributed by atoms with van der Waals surface area (Å²) in [5.41, 5.74) is 5.88. The van der Waals surface area contributed by atoms with Crippen LogP contribution in [0, 0.1) is 6.92 Å². The van der Waals surface area contributed by atoms with Gasteiger partial charge in [0, 0.05) is 29.2 Å². The van der Waals surface area contributed by atoms with Gasteiger partial charge in [0.15, 0.2) is 0 Å². The number of nitrogens with one attached hydrogen (secondary N) is 5. The van der Waals surface area contributed by atoms with Gasteiger partial charge in [0.05, 0.1) is 0 Å². The van der Waals surface area contributed by atoms with Crippen molar-refractivity contribution in [2.75, 3.05) is 11.9 Å². The summed E-state index contributed by atoms with van der Waals surface area (Å²) in [5.74, 6) is 0.390. The Hall–Kier alpha value is -3.24. The molecule has 0 aliphatic carbocycles. The van der Waals surface area contributed by atoms with Crippen LogP contribution in [-0.4, -0.2) is 34.7 Å². The van der Waals surface area contributed by atoms with Gasteiger partial charge >= 0.3 is 12.1 Å². The van der Waals surface area contributed by atoms with Gasteiger partial charge in [-0.25, -0.2) is 20.0 Å². The number of aryl methyl sites for hydroxylation is 1. The second kappa shape index (κ2) is 12.6. The number of rotatable bonds is 9. The van der Waals surface area contributed by atoms with Gasteiger partial charge in [-0.15, -0.1) is 0 Å². The maximum absolute atomic E-state index is 12.1. The third-order valence-electron chi connectivity index (χ3n) is 4.13. The number of hydrogen-bond donors (Lipinski definition) is 6. The number of nitrogens with zero attached hydrogens (tertiary/aromatic N) is 1. The number of halogens is 2. The van der Waals surface area contributed by atoms with Crippen LogP contribution in [0.15, 0.2) is 36.5 Å². The summed E-state index contributed by atoms with van der Waals surface area (Å²) >= 11 is 11.9. The van der Waals surface area contributed by atoms with Gasteiger partial charge in [-0.1, -0.05) is 23.2 Å². The normalized spacial score (nSPS) is 11.2. The Bertz CT molecular complexity index is 939. The van der Waals surface area contributed by atoms with Crippen molar-refractivity contribution in [3.63, 3.8) is 0 Å². The molecule has 1 unspecified atom stereocenters. The summed E-state index contributed by atoms with van der Waals surface area (Å²) < 4.78 is 0. The molecule has 10 nitrogen and oxygen atoms in total. The number of hydrogen-bond acceptors (Lipinski definition) is 5. The second-order valence-corrected chi connectivity index (χ2v) is 7.71. The zero-order valence-corrected chi connectivity index (χ0v) is 18.8. The van der Waals surface area contributed by atoms with Crippen LogP contribution < -0.4 is 26.8 Å².